The van der Waals surface area contributed by atoms with Crippen molar-refractivity contribution in [2.75, 3.05) is 31.2 Å². The minimum absolute atomic E-state index is 0.266. The number of rotatable bonds is 3. The number of hydrogen-bond donors (Lipinski definition) is 1. The molecule has 2 aromatic rings. The van der Waals surface area contributed by atoms with E-state index in [-0.39, 0.29) is 5.69 Å². The summed E-state index contributed by atoms with van der Waals surface area (Å²) < 4.78 is 7.06. The average molecular weight is 272 g/mol. The van der Waals surface area contributed by atoms with Gasteiger partial charge in [0.1, 0.15) is 5.69 Å². The Balaban J connectivity index is 1.97. The maximum atomic E-state index is 11.2. The summed E-state index contributed by atoms with van der Waals surface area (Å²) in [5, 5.41) is 4.22. The Kier molecular flexibility index (Phi) is 3.39. The molecule has 1 fully saturated rings. The topological polar surface area (TPSA) is 73.4 Å². The molecule has 1 amide bonds. The first-order chi connectivity index (χ1) is 9.75. The SMILES string of the molecule is NC(=O)c1ccn(-c2ccccc2N2CCOCC2)n1. The fourth-order valence-electron chi connectivity index (χ4n) is 2.32. The molecule has 1 aliphatic heterocycles. The number of morpholine rings is 1. The first-order valence-corrected chi connectivity index (χ1v) is 6.53. The number of anilines is 1. The number of primary amides is 1. The van der Waals surface area contributed by atoms with Crippen molar-refractivity contribution in [2.45, 2.75) is 0 Å². The normalized spacial score (nSPS) is 15.3. The zero-order chi connectivity index (χ0) is 13.9. The van der Waals surface area contributed by atoms with Crippen molar-refractivity contribution >= 4 is 11.6 Å². The van der Waals surface area contributed by atoms with Crippen LogP contribution in [0.3, 0.4) is 0 Å². The lowest BCUT2D eigenvalue weighted by Crippen LogP contribution is -2.36. The molecule has 0 bridgehead atoms. The molecule has 1 aliphatic rings. The quantitative estimate of drug-likeness (QED) is 0.897. The van der Waals surface area contributed by atoms with Crippen LogP contribution in [-0.2, 0) is 4.74 Å². The van der Waals surface area contributed by atoms with Crippen LogP contribution in [0.4, 0.5) is 5.69 Å². The fourth-order valence-corrected chi connectivity index (χ4v) is 2.32. The van der Waals surface area contributed by atoms with E-state index >= 15 is 0 Å². The summed E-state index contributed by atoms with van der Waals surface area (Å²) in [6.07, 6.45) is 1.75. The largest absolute Gasteiger partial charge is 0.378 e. The molecule has 0 saturated carbocycles. The van der Waals surface area contributed by atoms with Crippen LogP contribution in [0.25, 0.3) is 5.69 Å². The first-order valence-electron chi connectivity index (χ1n) is 6.53. The summed E-state index contributed by atoms with van der Waals surface area (Å²) in [5.74, 6) is -0.521. The Labute approximate surface area is 116 Å². The van der Waals surface area contributed by atoms with Crippen molar-refractivity contribution in [1.82, 2.24) is 9.78 Å². The molecule has 0 radical (unpaired) electrons. The lowest BCUT2D eigenvalue weighted by atomic mass is 10.2. The molecule has 1 aromatic carbocycles. The highest BCUT2D eigenvalue weighted by molar-refractivity contribution is 5.90. The number of para-hydroxylation sites is 2. The van der Waals surface area contributed by atoms with Gasteiger partial charge < -0.3 is 15.4 Å². The Morgan fingerprint density at radius 3 is 2.50 bits per heavy atom. The van der Waals surface area contributed by atoms with Gasteiger partial charge in [0, 0.05) is 19.3 Å². The number of nitrogens with two attached hydrogens (primary N) is 1. The van der Waals surface area contributed by atoms with Crippen LogP contribution in [0, 0.1) is 0 Å². The molecule has 104 valence electrons. The third-order valence-electron chi connectivity index (χ3n) is 3.32. The Hall–Kier alpha value is -2.34. The molecular formula is C14H16N4O2. The van der Waals surface area contributed by atoms with E-state index in [1.54, 1.807) is 16.9 Å². The molecule has 2 heterocycles. The Bertz CT molecular complexity index is 617. The molecule has 1 aromatic heterocycles. The Morgan fingerprint density at radius 2 is 1.85 bits per heavy atom. The summed E-state index contributed by atoms with van der Waals surface area (Å²) in [5.41, 5.74) is 7.52. The lowest BCUT2D eigenvalue weighted by Gasteiger charge is -2.30. The third-order valence-corrected chi connectivity index (χ3v) is 3.32. The second-order valence-corrected chi connectivity index (χ2v) is 4.60. The van der Waals surface area contributed by atoms with Gasteiger partial charge >= 0.3 is 0 Å². The standard InChI is InChI=1S/C14H16N4O2/c15-14(19)11-5-6-18(16-11)13-4-2-1-3-12(13)17-7-9-20-10-8-17/h1-6H,7-10H2,(H2,15,19). The Morgan fingerprint density at radius 1 is 1.15 bits per heavy atom. The van der Waals surface area contributed by atoms with Crippen LogP contribution < -0.4 is 10.6 Å². The zero-order valence-corrected chi connectivity index (χ0v) is 11.0. The fraction of sp³-hybridized carbons (Fsp3) is 0.286. The molecule has 0 spiro atoms. The van der Waals surface area contributed by atoms with Crippen molar-refractivity contribution in [3.63, 3.8) is 0 Å². The smallest absolute Gasteiger partial charge is 0.269 e. The molecule has 1 saturated heterocycles. The van der Waals surface area contributed by atoms with Gasteiger partial charge in [0.25, 0.3) is 5.91 Å². The van der Waals surface area contributed by atoms with Crippen molar-refractivity contribution in [3.8, 4) is 5.69 Å². The first kappa shape index (κ1) is 12.7. The molecule has 0 unspecified atom stereocenters. The number of benzene rings is 1. The van der Waals surface area contributed by atoms with Gasteiger partial charge in [0.2, 0.25) is 0 Å². The third kappa shape index (κ3) is 2.37. The molecular weight excluding hydrogens is 256 g/mol. The zero-order valence-electron chi connectivity index (χ0n) is 11.0. The van der Waals surface area contributed by atoms with Gasteiger partial charge in [-0.25, -0.2) is 4.68 Å². The average Bonchev–Trinajstić information content (AvgIpc) is 2.98. The van der Waals surface area contributed by atoms with E-state index in [2.05, 4.69) is 10.00 Å². The van der Waals surface area contributed by atoms with Gasteiger partial charge in [-0.3, -0.25) is 4.79 Å². The molecule has 0 aliphatic carbocycles. The highest BCUT2D eigenvalue weighted by atomic mass is 16.5. The number of aromatic nitrogens is 2. The van der Waals surface area contributed by atoms with Crippen LogP contribution in [0.1, 0.15) is 10.5 Å². The van der Waals surface area contributed by atoms with Crippen LogP contribution in [0.15, 0.2) is 36.5 Å². The van der Waals surface area contributed by atoms with Gasteiger partial charge in [-0.2, -0.15) is 5.10 Å². The predicted octanol–water partition coefficient (Wildman–Crippen LogP) is 0.808. The van der Waals surface area contributed by atoms with Crippen molar-refractivity contribution < 1.29 is 9.53 Å². The minimum Gasteiger partial charge on any atom is -0.378 e. The molecule has 6 nitrogen and oxygen atoms in total. The van der Waals surface area contributed by atoms with Crippen LogP contribution in [0.5, 0.6) is 0 Å². The van der Waals surface area contributed by atoms with E-state index in [4.69, 9.17) is 10.5 Å². The number of amides is 1. The van der Waals surface area contributed by atoms with Crippen molar-refractivity contribution in [1.29, 1.82) is 0 Å². The van der Waals surface area contributed by atoms with E-state index in [9.17, 15) is 4.79 Å². The number of hydrogen-bond acceptors (Lipinski definition) is 4. The van der Waals surface area contributed by atoms with Gasteiger partial charge in [-0.15, -0.1) is 0 Å². The van der Waals surface area contributed by atoms with E-state index in [1.165, 1.54) is 0 Å². The summed E-state index contributed by atoms with van der Waals surface area (Å²) in [6.45, 7) is 3.14. The summed E-state index contributed by atoms with van der Waals surface area (Å²) in [6, 6.07) is 9.59. The number of carbonyl (C=O) groups is 1. The van der Waals surface area contributed by atoms with E-state index in [1.807, 2.05) is 24.3 Å². The second-order valence-electron chi connectivity index (χ2n) is 4.60. The highest BCUT2D eigenvalue weighted by Gasteiger charge is 2.16. The summed E-state index contributed by atoms with van der Waals surface area (Å²) in [7, 11) is 0. The predicted molar refractivity (Wildman–Crippen MR) is 75.1 cm³/mol. The van der Waals surface area contributed by atoms with E-state index in [0.717, 1.165) is 37.7 Å². The van der Waals surface area contributed by atoms with Gasteiger partial charge in [0.15, 0.2) is 0 Å². The van der Waals surface area contributed by atoms with Crippen molar-refractivity contribution in [3.05, 3.63) is 42.2 Å². The van der Waals surface area contributed by atoms with Crippen LogP contribution in [0.2, 0.25) is 0 Å². The van der Waals surface area contributed by atoms with Crippen LogP contribution in [-0.4, -0.2) is 42.0 Å². The van der Waals surface area contributed by atoms with Gasteiger partial charge in [-0.1, -0.05) is 12.1 Å². The number of carbonyl (C=O) groups excluding carboxylic acids is 1. The lowest BCUT2D eigenvalue weighted by molar-refractivity contribution is 0.0995. The molecule has 2 N–H and O–H groups in total. The van der Waals surface area contributed by atoms with Crippen LogP contribution >= 0.6 is 0 Å². The molecule has 6 heteroatoms. The monoisotopic (exact) mass is 272 g/mol. The maximum absolute atomic E-state index is 11.2. The van der Waals surface area contributed by atoms with E-state index < -0.39 is 5.91 Å². The van der Waals surface area contributed by atoms with Crippen molar-refractivity contribution in [2.24, 2.45) is 5.73 Å². The van der Waals surface area contributed by atoms with Gasteiger partial charge in [0.05, 0.1) is 24.6 Å². The number of nitrogens with zero attached hydrogens (tertiary/aromatic N) is 3. The molecule has 0 atom stereocenters. The highest BCUT2D eigenvalue weighted by Crippen LogP contribution is 2.24. The molecule has 20 heavy (non-hydrogen) atoms. The maximum Gasteiger partial charge on any atom is 0.269 e. The number of ether oxygens (including phenoxy) is 1. The summed E-state index contributed by atoms with van der Waals surface area (Å²) >= 11 is 0. The van der Waals surface area contributed by atoms with E-state index in [0.29, 0.717) is 0 Å². The summed E-state index contributed by atoms with van der Waals surface area (Å²) in [4.78, 5) is 13.4. The second kappa shape index (κ2) is 5.34. The minimum atomic E-state index is -0.521. The molecule has 3 rings (SSSR count). The van der Waals surface area contributed by atoms with Gasteiger partial charge in [-0.05, 0) is 18.2 Å².